The Labute approximate surface area is 154 Å². The van der Waals surface area contributed by atoms with Gasteiger partial charge in [0.1, 0.15) is 0 Å². The van der Waals surface area contributed by atoms with Crippen LogP contribution in [0.2, 0.25) is 0 Å². The Balaban J connectivity index is 1.56. The summed E-state index contributed by atoms with van der Waals surface area (Å²) in [5.41, 5.74) is 4.88. The molecular weight excluding hydrogens is 316 g/mol. The summed E-state index contributed by atoms with van der Waals surface area (Å²) in [5, 5.41) is 9.63. The van der Waals surface area contributed by atoms with Crippen LogP contribution in [-0.2, 0) is 13.1 Å². The molecule has 4 aromatic carbocycles. The normalized spacial score (nSPS) is 10.6. The lowest BCUT2D eigenvalue weighted by molar-refractivity contribution is 1.15. The summed E-state index contributed by atoms with van der Waals surface area (Å²) in [6.07, 6.45) is 0. The maximum atomic E-state index is 3.58. The van der Waals surface area contributed by atoms with E-state index in [1.165, 1.54) is 21.9 Å². The molecule has 0 radical (unpaired) electrons. The Morgan fingerprint density at radius 1 is 0.423 bits per heavy atom. The van der Waals surface area contributed by atoms with E-state index >= 15 is 0 Å². The average Bonchev–Trinajstić information content (AvgIpc) is 2.72. The molecule has 0 amide bonds. The number of rotatable bonds is 6. The number of fused-ring (bicyclic) bond motifs is 1. The summed E-state index contributed by atoms with van der Waals surface area (Å²) in [4.78, 5) is 0. The minimum absolute atomic E-state index is 0.821. The third-order valence-corrected chi connectivity index (χ3v) is 4.57. The van der Waals surface area contributed by atoms with Crippen LogP contribution in [0.15, 0.2) is 97.1 Å². The highest BCUT2D eigenvalue weighted by Gasteiger charge is 2.05. The van der Waals surface area contributed by atoms with Crippen LogP contribution in [0.25, 0.3) is 10.8 Å². The fourth-order valence-corrected chi connectivity index (χ4v) is 3.20. The van der Waals surface area contributed by atoms with Gasteiger partial charge in [0.2, 0.25) is 0 Å². The van der Waals surface area contributed by atoms with Crippen molar-refractivity contribution in [3.05, 3.63) is 108 Å². The van der Waals surface area contributed by atoms with E-state index in [1.807, 2.05) is 12.1 Å². The van der Waals surface area contributed by atoms with Gasteiger partial charge in [-0.1, -0.05) is 84.9 Å². The van der Waals surface area contributed by atoms with Gasteiger partial charge in [-0.15, -0.1) is 0 Å². The number of benzene rings is 4. The molecule has 0 unspecified atom stereocenters. The molecular formula is C24H22N2. The van der Waals surface area contributed by atoms with Crippen molar-refractivity contribution < 1.29 is 0 Å². The molecule has 0 aliphatic carbocycles. The monoisotopic (exact) mass is 338 g/mol. The van der Waals surface area contributed by atoms with E-state index in [4.69, 9.17) is 0 Å². The first-order valence-corrected chi connectivity index (χ1v) is 8.97. The molecule has 0 aliphatic rings. The largest absolute Gasteiger partial charge is 0.380 e. The van der Waals surface area contributed by atoms with Gasteiger partial charge in [0, 0.05) is 35.2 Å². The number of nitrogens with one attached hydrogen (secondary N) is 2. The third kappa shape index (κ3) is 3.70. The molecule has 2 nitrogen and oxygen atoms in total. The predicted octanol–water partition coefficient (Wildman–Crippen LogP) is 6.06. The summed E-state index contributed by atoms with van der Waals surface area (Å²) in [6.45, 7) is 1.64. The molecule has 128 valence electrons. The maximum Gasteiger partial charge on any atom is 0.0423 e. The molecule has 26 heavy (non-hydrogen) atoms. The fraction of sp³-hybridized carbons (Fsp3) is 0.0833. The second-order valence-corrected chi connectivity index (χ2v) is 6.38. The van der Waals surface area contributed by atoms with Gasteiger partial charge in [-0.3, -0.25) is 0 Å². The van der Waals surface area contributed by atoms with E-state index in [1.54, 1.807) is 0 Å². The smallest absolute Gasteiger partial charge is 0.0423 e. The van der Waals surface area contributed by atoms with Gasteiger partial charge in [-0.2, -0.15) is 0 Å². The highest BCUT2D eigenvalue weighted by Crippen LogP contribution is 2.29. The zero-order valence-electron chi connectivity index (χ0n) is 14.7. The second-order valence-electron chi connectivity index (χ2n) is 6.38. The number of anilines is 2. The summed E-state index contributed by atoms with van der Waals surface area (Å²) < 4.78 is 0. The van der Waals surface area contributed by atoms with E-state index in [9.17, 15) is 0 Å². The quantitative estimate of drug-likeness (QED) is 0.446. The first kappa shape index (κ1) is 16.2. The van der Waals surface area contributed by atoms with Crippen molar-refractivity contribution in [3.63, 3.8) is 0 Å². The average molecular weight is 338 g/mol. The minimum Gasteiger partial charge on any atom is -0.380 e. The van der Waals surface area contributed by atoms with Crippen molar-refractivity contribution in [2.75, 3.05) is 10.6 Å². The first-order valence-electron chi connectivity index (χ1n) is 8.97. The molecule has 0 fully saturated rings. The van der Waals surface area contributed by atoms with E-state index < -0.39 is 0 Å². The molecule has 0 saturated heterocycles. The van der Waals surface area contributed by atoms with Crippen LogP contribution in [0.1, 0.15) is 11.1 Å². The summed E-state index contributed by atoms with van der Waals surface area (Å²) >= 11 is 0. The van der Waals surface area contributed by atoms with Gasteiger partial charge in [-0.05, 0) is 23.3 Å². The van der Waals surface area contributed by atoms with E-state index in [2.05, 4.69) is 95.6 Å². The lowest BCUT2D eigenvalue weighted by Gasteiger charge is -2.14. The van der Waals surface area contributed by atoms with Crippen molar-refractivity contribution in [1.82, 2.24) is 0 Å². The fourth-order valence-electron chi connectivity index (χ4n) is 3.20. The molecule has 4 rings (SSSR count). The molecule has 2 N–H and O–H groups in total. The van der Waals surface area contributed by atoms with Crippen molar-refractivity contribution in [2.45, 2.75) is 13.1 Å². The van der Waals surface area contributed by atoms with Crippen LogP contribution in [0.3, 0.4) is 0 Å². The van der Waals surface area contributed by atoms with Gasteiger partial charge in [0.25, 0.3) is 0 Å². The van der Waals surface area contributed by atoms with Gasteiger partial charge >= 0.3 is 0 Å². The second kappa shape index (κ2) is 7.75. The SMILES string of the molecule is c1ccc(CNc2cccc3c(NCc4ccccc4)cccc23)cc1. The topological polar surface area (TPSA) is 24.1 Å². The van der Waals surface area contributed by atoms with Crippen molar-refractivity contribution in [2.24, 2.45) is 0 Å². The molecule has 2 heteroatoms. The Morgan fingerprint density at radius 3 is 1.27 bits per heavy atom. The molecule has 0 spiro atoms. The van der Waals surface area contributed by atoms with Gasteiger partial charge in [0.15, 0.2) is 0 Å². The molecule has 4 aromatic rings. The first-order chi connectivity index (χ1) is 12.9. The van der Waals surface area contributed by atoms with E-state index in [-0.39, 0.29) is 0 Å². The van der Waals surface area contributed by atoms with Crippen molar-refractivity contribution in [3.8, 4) is 0 Å². The molecule has 0 aromatic heterocycles. The maximum absolute atomic E-state index is 3.58. The summed E-state index contributed by atoms with van der Waals surface area (Å²) in [7, 11) is 0. The predicted molar refractivity (Wildman–Crippen MR) is 111 cm³/mol. The van der Waals surface area contributed by atoms with Crippen molar-refractivity contribution in [1.29, 1.82) is 0 Å². The molecule has 0 saturated carbocycles. The van der Waals surface area contributed by atoms with Crippen LogP contribution < -0.4 is 10.6 Å². The van der Waals surface area contributed by atoms with Crippen molar-refractivity contribution >= 4 is 22.1 Å². The molecule has 0 heterocycles. The summed E-state index contributed by atoms with van der Waals surface area (Å²) in [6, 6.07) is 33.8. The van der Waals surface area contributed by atoms with Gasteiger partial charge in [-0.25, -0.2) is 0 Å². The molecule has 0 bridgehead atoms. The Kier molecular flexibility index (Phi) is 4.83. The van der Waals surface area contributed by atoms with Crippen LogP contribution in [0.4, 0.5) is 11.4 Å². The number of hydrogen-bond acceptors (Lipinski definition) is 2. The highest BCUT2D eigenvalue weighted by atomic mass is 14.9. The Hall–Kier alpha value is -3.26. The van der Waals surface area contributed by atoms with Crippen LogP contribution >= 0.6 is 0 Å². The van der Waals surface area contributed by atoms with Crippen LogP contribution in [0, 0.1) is 0 Å². The van der Waals surface area contributed by atoms with Gasteiger partial charge in [0.05, 0.1) is 0 Å². The number of hydrogen-bond donors (Lipinski definition) is 2. The van der Waals surface area contributed by atoms with Crippen LogP contribution in [-0.4, -0.2) is 0 Å². The summed E-state index contributed by atoms with van der Waals surface area (Å²) in [5.74, 6) is 0. The van der Waals surface area contributed by atoms with Crippen LogP contribution in [0.5, 0.6) is 0 Å². The molecule has 0 aliphatic heterocycles. The highest BCUT2D eigenvalue weighted by molar-refractivity contribution is 6.01. The minimum atomic E-state index is 0.821. The zero-order chi connectivity index (χ0) is 17.6. The Morgan fingerprint density at radius 2 is 0.846 bits per heavy atom. The van der Waals surface area contributed by atoms with E-state index in [0.29, 0.717) is 0 Å². The zero-order valence-corrected chi connectivity index (χ0v) is 14.7. The van der Waals surface area contributed by atoms with Gasteiger partial charge < -0.3 is 10.6 Å². The Bertz CT molecular complexity index is 896. The van der Waals surface area contributed by atoms with E-state index in [0.717, 1.165) is 24.5 Å². The lowest BCUT2D eigenvalue weighted by Crippen LogP contribution is -2.02. The standard InChI is InChI=1S/C24H22N2/c1-3-9-19(10-4-1)17-25-23-15-7-14-22-21(23)13-8-16-24(22)26-18-20-11-5-2-6-12-20/h1-16,25-26H,17-18H2. The lowest BCUT2D eigenvalue weighted by atomic mass is 10.1. The third-order valence-electron chi connectivity index (χ3n) is 4.57. The molecule has 0 atom stereocenters.